The lowest BCUT2D eigenvalue weighted by Gasteiger charge is -2.14. The average Bonchev–Trinajstić information content (AvgIpc) is 2.01. The van der Waals surface area contributed by atoms with E-state index >= 15 is 0 Å². The van der Waals surface area contributed by atoms with Gasteiger partial charge < -0.3 is 4.90 Å². The van der Waals surface area contributed by atoms with Gasteiger partial charge in [0.05, 0.1) is 0 Å². The van der Waals surface area contributed by atoms with Gasteiger partial charge >= 0.3 is 0 Å². The fourth-order valence-electron chi connectivity index (χ4n) is 1.06. The van der Waals surface area contributed by atoms with Crippen molar-refractivity contribution in [2.45, 2.75) is 32.6 Å². The van der Waals surface area contributed by atoms with Crippen LogP contribution in [0, 0.1) is 0 Å². The van der Waals surface area contributed by atoms with Crippen molar-refractivity contribution in [1.29, 1.82) is 0 Å². The summed E-state index contributed by atoms with van der Waals surface area (Å²) in [4.78, 5) is 2.37. The number of hydrogen-bond donors (Lipinski definition) is 0. The molecule has 66 valence electrons. The van der Waals surface area contributed by atoms with Crippen molar-refractivity contribution in [2.24, 2.45) is 0 Å². The van der Waals surface area contributed by atoms with Gasteiger partial charge in [0.15, 0.2) is 0 Å². The Labute approximate surface area is 71.1 Å². The first-order chi connectivity index (χ1) is 5.31. The van der Waals surface area contributed by atoms with E-state index in [-0.39, 0.29) is 0 Å². The Hall–Kier alpha value is -0.300. The zero-order valence-corrected chi connectivity index (χ0v) is 7.97. The van der Waals surface area contributed by atoms with Gasteiger partial charge in [-0.15, -0.1) is 6.58 Å². The second kappa shape index (κ2) is 7.80. The summed E-state index contributed by atoms with van der Waals surface area (Å²) in [7, 11) is 2.18. The SMILES string of the molecule is C=CCCN(C)CCCCC. The Balaban J connectivity index is 3.08. The molecule has 0 atom stereocenters. The summed E-state index contributed by atoms with van der Waals surface area (Å²) in [5, 5.41) is 0. The van der Waals surface area contributed by atoms with Crippen LogP contribution in [0.5, 0.6) is 0 Å². The largest absolute Gasteiger partial charge is 0.306 e. The van der Waals surface area contributed by atoms with Gasteiger partial charge in [0.1, 0.15) is 0 Å². The van der Waals surface area contributed by atoms with Gasteiger partial charge in [0.25, 0.3) is 0 Å². The molecule has 0 aliphatic rings. The Morgan fingerprint density at radius 3 is 2.55 bits per heavy atom. The maximum absolute atomic E-state index is 3.70. The molecule has 0 unspecified atom stereocenters. The molecule has 0 spiro atoms. The fourth-order valence-corrected chi connectivity index (χ4v) is 1.06. The van der Waals surface area contributed by atoms with Gasteiger partial charge in [-0.25, -0.2) is 0 Å². The molecule has 0 aromatic carbocycles. The third-order valence-corrected chi connectivity index (χ3v) is 1.86. The van der Waals surface area contributed by atoms with Gasteiger partial charge in [-0.3, -0.25) is 0 Å². The fraction of sp³-hybridized carbons (Fsp3) is 0.800. The first-order valence-electron chi connectivity index (χ1n) is 4.60. The zero-order valence-electron chi connectivity index (χ0n) is 7.97. The van der Waals surface area contributed by atoms with E-state index in [0.717, 1.165) is 13.0 Å². The van der Waals surface area contributed by atoms with E-state index in [1.165, 1.54) is 25.8 Å². The third kappa shape index (κ3) is 7.60. The van der Waals surface area contributed by atoms with Crippen LogP contribution in [0.2, 0.25) is 0 Å². The summed E-state index contributed by atoms with van der Waals surface area (Å²) in [6.07, 6.45) is 7.11. The maximum Gasteiger partial charge on any atom is 0.00128 e. The number of hydrogen-bond acceptors (Lipinski definition) is 1. The standard InChI is InChI=1S/C10H21N/c1-4-6-8-10-11(3)9-7-5-2/h5H,2,4,6-10H2,1,3H3. The van der Waals surface area contributed by atoms with E-state index in [0.29, 0.717) is 0 Å². The van der Waals surface area contributed by atoms with Gasteiger partial charge in [-0.2, -0.15) is 0 Å². The molecular weight excluding hydrogens is 134 g/mol. The molecule has 0 rings (SSSR count). The van der Waals surface area contributed by atoms with Crippen LogP contribution < -0.4 is 0 Å². The minimum absolute atomic E-state index is 1.11. The lowest BCUT2D eigenvalue weighted by molar-refractivity contribution is 0.332. The Morgan fingerprint density at radius 1 is 1.27 bits per heavy atom. The Kier molecular flexibility index (Phi) is 7.59. The topological polar surface area (TPSA) is 3.24 Å². The van der Waals surface area contributed by atoms with Crippen molar-refractivity contribution in [3.63, 3.8) is 0 Å². The molecule has 0 heterocycles. The lowest BCUT2D eigenvalue weighted by Crippen LogP contribution is -2.20. The Bertz CT molecular complexity index is 88.9. The highest BCUT2D eigenvalue weighted by atomic mass is 15.1. The monoisotopic (exact) mass is 155 g/mol. The van der Waals surface area contributed by atoms with Gasteiger partial charge in [-0.05, 0) is 26.4 Å². The van der Waals surface area contributed by atoms with Crippen molar-refractivity contribution in [1.82, 2.24) is 4.90 Å². The molecule has 0 saturated carbocycles. The number of unbranched alkanes of at least 4 members (excludes halogenated alkanes) is 2. The van der Waals surface area contributed by atoms with E-state index in [1.54, 1.807) is 0 Å². The molecule has 0 aromatic heterocycles. The van der Waals surface area contributed by atoms with Crippen LogP contribution in [0.15, 0.2) is 12.7 Å². The summed E-state index contributed by atoms with van der Waals surface area (Å²) >= 11 is 0. The van der Waals surface area contributed by atoms with E-state index in [2.05, 4.69) is 25.5 Å². The van der Waals surface area contributed by atoms with Crippen molar-refractivity contribution in [3.8, 4) is 0 Å². The molecule has 1 heteroatoms. The van der Waals surface area contributed by atoms with Crippen LogP contribution >= 0.6 is 0 Å². The lowest BCUT2D eigenvalue weighted by atomic mass is 10.2. The molecule has 0 radical (unpaired) electrons. The summed E-state index contributed by atoms with van der Waals surface area (Å²) in [5.41, 5.74) is 0. The van der Waals surface area contributed by atoms with E-state index in [1.807, 2.05) is 6.08 Å². The summed E-state index contributed by atoms with van der Waals surface area (Å²) in [5.74, 6) is 0. The van der Waals surface area contributed by atoms with Crippen LogP contribution in [0.4, 0.5) is 0 Å². The average molecular weight is 155 g/mol. The van der Waals surface area contributed by atoms with Crippen molar-refractivity contribution < 1.29 is 0 Å². The molecule has 0 aliphatic heterocycles. The second-order valence-electron chi connectivity index (χ2n) is 3.09. The minimum atomic E-state index is 1.11. The van der Waals surface area contributed by atoms with Crippen LogP contribution in [-0.4, -0.2) is 25.0 Å². The molecule has 0 aromatic rings. The van der Waals surface area contributed by atoms with Gasteiger partial charge in [-0.1, -0.05) is 25.8 Å². The number of nitrogens with zero attached hydrogens (tertiary/aromatic N) is 1. The highest BCUT2D eigenvalue weighted by Gasteiger charge is 1.94. The first-order valence-corrected chi connectivity index (χ1v) is 4.60. The first kappa shape index (κ1) is 10.7. The molecule has 0 bridgehead atoms. The smallest absolute Gasteiger partial charge is 0.00128 e. The quantitative estimate of drug-likeness (QED) is 0.403. The minimum Gasteiger partial charge on any atom is -0.306 e. The van der Waals surface area contributed by atoms with Crippen molar-refractivity contribution in [2.75, 3.05) is 20.1 Å². The Morgan fingerprint density at radius 2 is 2.00 bits per heavy atom. The molecular formula is C10H21N. The maximum atomic E-state index is 3.70. The predicted molar refractivity (Wildman–Crippen MR) is 51.8 cm³/mol. The molecule has 0 amide bonds. The van der Waals surface area contributed by atoms with E-state index in [4.69, 9.17) is 0 Å². The highest BCUT2D eigenvalue weighted by molar-refractivity contribution is 4.68. The van der Waals surface area contributed by atoms with Crippen molar-refractivity contribution in [3.05, 3.63) is 12.7 Å². The molecule has 0 aliphatic carbocycles. The molecule has 11 heavy (non-hydrogen) atoms. The van der Waals surface area contributed by atoms with Crippen LogP contribution in [-0.2, 0) is 0 Å². The van der Waals surface area contributed by atoms with Crippen LogP contribution in [0.3, 0.4) is 0 Å². The summed E-state index contributed by atoms with van der Waals surface area (Å²) in [6, 6.07) is 0. The highest BCUT2D eigenvalue weighted by Crippen LogP contribution is 1.96. The molecule has 0 saturated heterocycles. The van der Waals surface area contributed by atoms with Gasteiger partial charge in [0, 0.05) is 6.54 Å². The van der Waals surface area contributed by atoms with E-state index < -0.39 is 0 Å². The van der Waals surface area contributed by atoms with Crippen LogP contribution in [0.1, 0.15) is 32.6 Å². The van der Waals surface area contributed by atoms with Gasteiger partial charge in [0.2, 0.25) is 0 Å². The zero-order chi connectivity index (χ0) is 8.53. The van der Waals surface area contributed by atoms with E-state index in [9.17, 15) is 0 Å². The summed E-state index contributed by atoms with van der Waals surface area (Å²) in [6.45, 7) is 8.34. The van der Waals surface area contributed by atoms with Crippen molar-refractivity contribution >= 4 is 0 Å². The summed E-state index contributed by atoms with van der Waals surface area (Å²) < 4.78 is 0. The number of rotatable bonds is 7. The predicted octanol–water partition coefficient (Wildman–Crippen LogP) is 2.68. The normalized spacial score (nSPS) is 10.5. The molecule has 1 nitrogen and oxygen atoms in total. The third-order valence-electron chi connectivity index (χ3n) is 1.86. The molecule has 0 N–H and O–H groups in total. The second-order valence-corrected chi connectivity index (χ2v) is 3.09. The van der Waals surface area contributed by atoms with Crippen LogP contribution in [0.25, 0.3) is 0 Å². The molecule has 0 fully saturated rings.